The second-order valence-corrected chi connectivity index (χ2v) is 15.4. The standard InChI is InChI=1S/C33H57N7O9/c1-22(41)34-25-10-13-38(31(4,5)16-25)47-28(44)19-37(20-29(45)48-39-14-11-26(35-23(2)42)17-32(39,6)7)21-30(46)49-40-15-12-27(36-24(3)43)18-33(40,8)9/h25-27H,10-21H2,1-9H3,(H,34,41)(H,35,42)(H,36,43). The van der Waals surface area contributed by atoms with Crippen molar-refractivity contribution >= 4 is 35.6 Å². The Balaban J connectivity index is 1.67. The van der Waals surface area contributed by atoms with Gasteiger partial charge in [0.1, 0.15) is 0 Å². The first kappa shape index (κ1) is 40.1. The van der Waals surface area contributed by atoms with E-state index in [1.807, 2.05) is 41.5 Å². The van der Waals surface area contributed by atoms with Crippen LogP contribution in [-0.4, -0.2) is 130 Å². The summed E-state index contributed by atoms with van der Waals surface area (Å²) in [6.07, 6.45) is 3.44. The van der Waals surface area contributed by atoms with E-state index in [4.69, 9.17) is 14.5 Å². The number of hydroxylamine groups is 6. The summed E-state index contributed by atoms with van der Waals surface area (Å²) < 4.78 is 0. The molecule has 0 radical (unpaired) electrons. The van der Waals surface area contributed by atoms with Gasteiger partial charge >= 0.3 is 17.9 Å². The topological polar surface area (TPSA) is 179 Å². The van der Waals surface area contributed by atoms with Crippen LogP contribution >= 0.6 is 0 Å². The van der Waals surface area contributed by atoms with Crippen molar-refractivity contribution < 1.29 is 43.3 Å². The lowest BCUT2D eigenvalue weighted by Gasteiger charge is -2.44. The molecular weight excluding hydrogens is 638 g/mol. The molecule has 16 heteroatoms. The van der Waals surface area contributed by atoms with Crippen LogP contribution in [0.25, 0.3) is 0 Å². The number of hydrogen-bond acceptors (Lipinski definition) is 13. The fourth-order valence-electron chi connectivity index (χ4n) is 7.06. The zero-order valence-electron chi connectivity index (χ0n) is 30.7. The van der Waals surface area contributed by atoms with Crippen LogP contribution in [0.4, 0.5) is 0 Å². The highest BCUT2D eigenvalue weighted by Crippen LogP contribution is 2.30. The van der Waals surface area contributed by atoms with Gasteiger partial charge in [-0.2, -0.15) is 0 Å². The number of carbonyl (C=O) groups excluding carboxylic acids is 6. The highest BCUT2D eigenvalue weighted by Gasteiger charge is 2.41. The molecule has 3 aliphatic heterocycles. The maximum Gasteiger partial charge on any atom is 0.339 e. The summed E-state index contributed by atoms with van der Waals surface area (Å²) in [7, 11) is 0. The molecule has 3 N–H and O–H groups in total. The van der Waals surface area contributed by atoms with E-state index in [2.05, 4.69) is 16.0 Å². The monoisotopic (exact) mass is 695 g/mol. The van der Waals surface area contributed by atoms with E-state index in [0.29, 0.717) is 58.2 Å². The Morgan fingerprint density at radius 1 is 0.531 bits per heavy atom. The molecule has 3 rings (SSSR count). The van der Waals surface area contributed by atoms with E-state index >= 15 is 0 Å². The highest BCUT2D eigenvalue weighted by molar-refractivity contribution is 5.78. The average Bonchev–Trinajstić information content (AvgIpc) is 2.91. The van der Waals surface area contributed by atoms with E-state index in [1.54, 1.807) is 15.2 Å². The predicted octanol–water partition coefficient (Wildman–Crippen LogP) is 0.800. The van der Waals surface area contributed by atoms with Gasteiger partial charge in [-0.25, -0.2) is 14.4 Å². The van der Waals surface area contributed by atoms with Crippen molar-refractivity contribution in [3.05, 3.63) is 0 Å². The number of rotatable bonds is 12. The number of nitrogens with one attached hydrogen (secondary N) is 3. The van der Waals surface area contributed by atoms with Crippen molar-refractivity contribution in [2.75, 3.05) is 39.3 Å². The Labute approximate surface area is 289 Å². The lowest BCUT2D eigenvalue weighted by molar-refractivity contribution is -0.234. The molecular formula is C33H57N7O9. The van der Waals surface area contributed by atoms with E-state index in [-0.39, 0.29) is 35.8 Å². The summed E-state index contributed by atoms with van der Waals surface area (Å²) in [5.41, 5.74) is -1.73. The Morgan fingerprint density at radius 3 is 0.980 bits per heavy atom. The summed E-state index contributed by atoms with van der Waals surface area (Å²) in [6.45, 7) is 15.8. The molecule has 278 valence electrons. The van der Waals surface area contributed by atoms with E-state index in [1.165, 1.54) is 25.7 Å². The van der Waals surface area contributed by atoms with Gasteiger partial charge in [-0.3, -0.25) is 19.3 Å². The Hall–Kier alpha value is -3.34. The highest BCUT2D eigenvalue weighted by atomic mass is 16.7. The van der Waals surface area contributed by atoms with Gasteiger partial charge < -0.3 is 30.5 Å². The van der Waals surface area contributed by atoms with E-state index in [9.17, 15) is 28.8 Å². The largest absolute Gasteiger partial charge is 0.366 e. The van der Waals surface area contributed by atoms with Crippen LogP contribution in [0.3, 0.4) is 0 Å². The van der Waals surface area contributed by atoms with Crippen LogP contribution in [0.2, 0.25) is 0 Å². The fraction of sp³-hybridized carbons (Fsp3) is 0.818. The molecule has 0 aromatic carbocycles. The van der Waals surface area contributed by atoms with Gasteiger partial charge in [0, 0.05) is 58.5 Å². The van der Waals surface area contributed by atoms with E-state index < -0.39 is 54.2 Å². The SMILES string of the molecule is CC(=O)NC1CCN(OC(=O)CN(CC(=O)ON2CCC(NC(C)=O)CC2(C)C)CC(=O)ON2CCC(NC(C)=O)CC2(C)C)C(C)(C)C1. The zero-order valence-corrected chi connectivity index (χ0v) is 30.7. The minimum Gasteiger partial charge on any atom is -0.366 e. The predicted molar refractivity (Wildman–Crippen MR) is 178 cm³/mol. The first-order valence-electron chi connectivity index (χ1n) is 17.1. The summed E-state index contributed by atoms with van der Waals surface area (Å²) in [4.78, 5) is 93.2. The smallest absolute Gasteiger partial charge is 0.339 e. The fourth-order valence-corrected chi connectivity index (χ4v) is 7.06. The van der Waals surface area contributed by atoms with Crippen molar-refractivity contribution in [3.8, 4) is 0 Å². The Morgan fingerprint density at radius 2 is 0.776 bits per heavy atom. The third-order valence-electron chi connectivity index (χ3n) is 9.22. The quantitative estimate of drug-likeness (QED) is 0.261. The molecule has 3 atom stereocenters. The lowest BCUT2D eigenvalue weighted by atomic mass is 9.89. The normalized spacial score (nSPS) is 25.5. The number of piperidine rings is 3. The van der Waals surface area contributed by atoms with Crippen molar-refractivity contribution in [3.63, 3.8) is 0 Å². The molecule has 3 amide bonds. The second-order valence-electron chi connectivity index (χ2n) is 15.4. The molecule has 49 heavy (non-hydrogen) atoms. The summed E-state index contributed by atoms with van der Waals surface area (Å²) in [6, 6.07) is -0.157. The van der Waals surface area contributed by atoms with Gasteiger partial charge in [0.25, 0.3) is 0 Å². The number of amides is 3. The van der Waals surface area contributed by atoms with Gasteiger partial charge in [0.15, 0.2) is 0 Å². The molecule has 3 aliphatic rings. The Kier molecular flexibility index (Phi) is 13.6. The van der Waals surface area contributed by atoms with Crippen LogP contribution in [-0.2, 0) is 43.3 Å². The van der Waals surface area contributed by atoms with Gasteiger partial charge in [0.2, 0.25) is 17.7 Å². The van der Waals surface area contributed by atoms with Gasteiger partial charge in [-0.05, 0) is 80.1 Å². The van der Waals surface area contributed by atoms with Crippen LogP contribution in [0.1, 0.15) is 101 Å². The molecule has 3 fully saturated rings. The van der Waals surface area contributed by atoms with Gasteiger partial charge in [-0.15, -0.1) is 15.2 Å². The van der Waals surface area contributed by atoms with Crippen LogP contribution < -0.4 is 16.0 Å². The summed E-state index contributed by atoms with van der Waals surface area (Å²) >= 11 is 0. The lowest BCUT2D eigenvalue weighted by Crippen LogP contribution is -2.57. The average molecular weight is 696 g/mol. The number of nitrogens with zero attached hydrogens (tertiary/aromatic N) is 4. The third-order valence-corrected chi connectivity index (χ3v) is 9.22. The van der Waals surface area contributed by atoms with Crippen LogP contribution in [0.15, 0.2) is 0 Å². The summed E-state index contributed by atoms with van der Waals surface area (Å²) in [5.74, 6) is -2.37. The molecule has 3 heterocycles. The van der Waals surface area contributed by atoms with Crippen molar-refractivity contribution in [2.45, 2.75) is 136 Å². The molecule has 0 spiro atoms. The molecule has 3 saturated heterocycles. The van der Waals surface area contributed by atoms with E-state index in [0.717, 1.165) is 0 Å². The Bertz CT molecular complexity index is 1090. The molecule has 0 bridgehead atoms. The van der Waals surface area contributed by atoms with Crippen molar-refractivity contribution in [1.82, 2.24) is 36.0 Å². The van der Waals surface area contributed by atoms with Gasteiger partial charge in [-0.1, -0.05) is 0 Å². The molecule has 0 aliphatic carbocycles. The first-order valence-corrected chi connectivity index (χ1v) is 17.1. The number of hydrogen-bond donors (Lipinski definition) is 3. The minimum atomic E-state index is -0.667. The number of carbonyl (C=O) groups is 6. The first-order chi connectivity index (χ1) is 22.6. The zero-order chi connectivity index (χ0) is 36.7. The second kappa shape index (κ2) is 16.6. The summed E-state index contributed by atoms with van der Waals surface area (Å²) in [5, 5.41) is 13.5. The van der Waals surface area contributed by atoms with Gasteiger partial charge in [0.05, 0.1) is 36.3 Å². The third kappa shape index (κ3) is 12.5. The molecule has 0 aromatic heterocycles. The van der Waals surface area contributed by atoms with Crippen molar-refractivity contribution in [2.24, 2.45) is 0 Å². The molecule has 0 aromatic rings. The maximum atomic E-state index is 13.3. The van der Waals surface area contributed by atoms with Crippen LogP contribution in [0.5, 0.6) is 0 Å². The van der Waals surface area contributed by atoms with Crippen molar-refractivity contribution in [1.29, 1.82) is 0 Å². The maximum absolute atomic E-state index is 13.3. The van der Waals surface area contributed by atoms with Crippen LogP contribution in [0, 0.1) is 0 Å². The molecule has 16 nitrogen and oxygen atoms in total. The minimum absolute atomic E-state index is 0.0522. The molecule has 3 unspecified atom stereocenters. The molecule has 0 saturated carbocycles.